The monoisotopic (exact) mass is 265 g/mol. The fourth-order valence-electron chi connectivity index (χ4n) is 1.80. The molecule has 1 heterocycles. The Morgan fingerprint density at radius 2 is 2.07 bits per heavy atom. The number of hydrogen-bond acceptors (Lipinski definition) is 0. The van der Waals surface area contributed by atoms with E-state index in [1.54, 1.807) is 0 Å². The largest absolute Gasteiger partial charge is 0.361 e. The van der Waals surface area contributed by atoms with Crippen molar-refractivity contribution in [1.29, 1.82) is 0 Å². The Hall–Kier alpha value is -0.760. The third-order valence-electron chi connectivity index (χ3n) is 2.66. The van der Waals surface area contributed by atoms with Gasteiger partial charge in [0.2, 0.25) is 0 Å². The molecule has 0 unspecified atom stereocenters. The number of alkyl halides is 1. The van der Waals surface area contributed by atoms with E-state index in [0.29, 0.717) is 5.41 Å². The summed E-state index contributed by atoms with van der Waals surface area (Å²) in [6.07, 6.45) is 3.09. The number of nitrogens with one attached hydrogen (secondary N) is 1. The lowest BCUT2D eigenvalue weighted by molar-refractivity contribution is 0.425. The molecule has 80 valence electrons. The van der Waals surface area contributed by atoms with Gasteiger partial charge >= 0.3 is 0 Å². The highest BCUT2D eigenvalue weighted by Crippen LogP contribution is 2.25. The van der Waals surface area contributed by atoms with Crippen LogP contribution in [0.4, 0.5) is 0 Å². The van der Waals surface area contributed by atoms with Crippen LogP contribution in [0.15, 0.2) is 30.5 Å². The van der Waals surface area contributed by atoms with E-state index in [-0.39, 0.29) is 0 Å². The molecule has 0 bridgehead atoms. The minimum absolute atomic E-state index is 0.320. The van der Waals surface area contributed by atoms with E-state index >= 15 is 0 Å². The van der Waals surface area contributed by atoms with Crippen LogP contribution in [-0.2, 0) is 6.42 Å². The first-order valence-electron chi connectivity index (χ1n) is 5.23. The van der Waals surface area contributed by atoms with Crippen molar-refractivity contribution in [2.24, 2.45) is 5.41 Å². The van der Waals surface area contributed by atoms with Gasteiger partial charge in [-0.3, -0.25) is 0 Å². The zero-order valence-corrected chi connectivity index (χ0v) is 10.8. The summed E-state index contributed by atoms with van der Waals surface area (Å²) >= 11 is 3.56. The Kier molecular flexibility index (Phi) is 2.87. The zero-order chi connectivity index (χ0) is 10.9. The van der Waals surface area contributed by atoms with Crippen LogP contribution in [0.5, 0.6) is 0 Å². The Labute approximate surface area is 99.0 Å². The molecule has 1 nitrogen and oxygen atoms in total. The predicted octanol–water partition coefficient (Wildman–Crippen LogP) is 4.13. The van der Waals surface area contributed by atoms with Crippen LogP contribution in [0.1, 0.15) is 19.4 Å². The van der Waals surface area contributed by atoms with Gasteiger partial charge in [0.1, 0.15) is 0 Å². The molecule has 2 aromatic rings. The number of hydrogen-bond donors (Lipinski definition) is 1. The summed E-state index contributed by atoms with van der Waals surface area (Å²) in [7, 11) is 0. The second-order valence-electron chi connectivity index (χ2n) is 4.87. The molecule has 1 N–H and O–H groups in total. The average molecular weight is 266 g/mol. The van der Waals surface area contributed by atoms with Crippen LogP contribution in [0.2, 0.25) is 0 Å². The number of rotatable bonds is 3. The lowest BCUT2D eigenvalue weighted by Gasteiger charge is -2.21. The molecule has 0 radical (unpaired) electrons. The number of benzene rings is 1. The van der Waals surface area contributed by atoms with Gasteiger partial charge in [-0.25, -0.2) is 0 Å². The van der Waals surface area contributed by atoms with Gasteiger partial charge in [0.25, 0.3) is 0 Å². The lowest BCUT2D eigenvalue weighted by atomic mass is 9.88. The molecule has 0 spiro atoms. The number of H-pyrrole nitrogens is 1. The highest BCUT2D eigenvalue weighted by molar-refractivity contribution is 9.09. The third-order valence-corrected chi connectivity index (χ3v) is 4.18. The molecule has 0 amide bonds. The summed E-state index contributed by atoms with van der Waals surface area (Å²) in [6.45, 7) is 4.56. The normalized spacial score (nSPS) is 12.2. The minimum atomic E-state index is 0.320. The molecule has 2 rings (SSSR count). The van der Waals surface area contributed by atoms with Crippen molar-refractivity contribution < 1.29 is 0 Å². The highest BCUT2D eigenvalue weighted by Gasteiger charge is 2.16. The van der Waals surface area contributed by atoms with E-state index in [2.05, 4.69) is 59.0 Å². The first-order valence-corrected chi connectivity index (χ1v) is 6.35. The molecule has 2 heteroatoms. The topological polar surface area (TPSA) is 15.8 Å². The molecule has 0 fully saturated rings. The first kappa shape index (κ1) is 10.7. The fourth-order valence-corrected chi connectivity index (χ4v) is 2.00. The van der Waals surface area contributed by atoms with Gasteiger partial charge < -0.3 is 4.98 Å². The molecule has 0 aliphatic heterocycles. The zero-order valence-electron chi connectivity index (χ0n) is 9.18. The summed E-state index contributed by atoms with van der Waals surface area (Å²) in [4.78, 5) is 3.25. The second kappa shape index (κ2) is 4.01. The molecule has 1 aromatic carbocycles. The number of aromatic amines is 1. The molecule has 0 saturated heterocycles. The lowest BCUT2D eigenvalue weighted by Crippen LogP contribution is -2.16. The molecule has 0 aliphatic rings. The van der Waals surface area contributed by atoms with Gasteiger partial charge in [0.05, 0.1) is 0 Å². The smallest absolute Gasteiger partial charge is 0.0456 e. The quantitative estimate of drug-likeness (QED) is 0.804. The Morgan fingerprint density at radius 1 is 1.27 bits per heavy atom. The van der Waals surface area contributed by atoms with Crippen LogP contribution in [-0.4, -0.2) is 10.3 Å². The molecule has 15 heavy (non-hydrogen) atoms. The van der Waals surface area contributed by atoms with E-state index in [9.17, 15) is 0 Å². The fraction of sp³-hybridized carbons (Fsp3) is 0.385. The highest BCUT2D eigenvalue weighted by atomic mass is 79.9. The van der Waals surface area contributed by atoms with E-state index < -0.39 is 0 Å². The van der Waals surface area contributed by atoms with E-state index in [1.165, 1.54) is 16.5 Å². The standard InChI is InChI=1S/C13H16BrN/c1-13(2,9-14)8-10-3-4-11-5-6-15-12(11)7-10/h3-7,15H,8-9H2,1-2H3. The first-order chi connectivity index (χ1) is 7.11. The average Bonchev–Trinajstić information content (AvgIpc) is 2.64. The predicted molar refractivity (Wildman–Crippen MR) is 69.6 cm³/mol. The number of halogens is 1. The van der Waals surface area contributed by atoms with Gasteiger partial charge in [-0.15, -0.1) is 0 Å². The number of fused-ring (bicyclic) bond motifs is 1. The Balaban J connectivity index is 2.28. The molecular weight excluding hydrogens is 250 g/mol. The van der Waals surface area contributed by atoms with Crippen LogP contribution < -0.4 is 0 Å². The van der Waals surface area contributed by atoms with Crippen LogP contribution in [0.25, 0.3) is 10.9 Å². The van der Waals surface area contributed by atoms with Crippen LogP contribution >= 0.6 is 15.9 Å². The summed E-state index contributed by atoms with van der Waals surface area (Å²) in [5, 5.41) is 2.32. The van der Waals surface area contributed by atoms with Crippen LogP contribution in [0.3, 0.4) is 0 Å². The molecule has 1 aromatic heterocycles. The van der Waals surface area contributed by atoms with E-state index in [1.807, 2.05) is 6.20 Å². The SMILES string of the molecule is CC(C)(CBr)Cc1ccc2cc[nH]c2c1. The molecule has 0 atom stereocenters. The second-order valence-corrected chi connectivity index (χ2v) is 5.43. The summed E-state index contributed by atoms with van der Waals surface area (Å²) in [6, 6.07) is 8.76. The molecule has 0 aliphatic carbocycles. The summed E-state index contributed by atoms with van der Waals surface area (Å²) in [5.41, 5.74) is 2.95. The maximum absolute atomic E-state index is 3.56. The van der Waals surface area contributed by atoms with Gasteiger partial charge in [-0.2, -0.15) is 0 Å². The van der Waals surface area contributed by atoms with Gasteiger partial charge in [0, 0.05) is 17.0 Å². The summed E-state index contributed by atoms with van der Waals surface area (Å²) < 4.78 is 0. The van der Waals surface area contributed by atoms with Crippen LogP contribution in [0, 0.1) is 5.41 Å². The van der Waals surface area contributed by atoms with Gasteiger partial charge in [0.15, 0.2) is 0 Å². The van der Waals surface area contributed by atoms with Crippen molar-refractivity contribution in [2.45, 2.75) is 20.3 Å². The van der Waals surface area contributed by atoms with Crippen molar-refractivity contribution in [3.63, 3.8) is 0 Å². The van der Waals surface area contributed by atoms with Crippen molar-refractivity contribution in [2.75, 3.05) is 5.33 Å². The summed E-state index contributed by atoms with van der Waals surface area (Å²) in [5.74, 6) is 0. The van der Waals surface area contributed by atoms with E-state index in [4.69, 9.17) is 0 Å². The Bertz CT molecular complexity index is 456. The van der Waals surface area contributed by atoms with Crippen molar-refractivity contribution in [3.8, 4) is 0 Å². The molecule has 0 saturated carbocycles. The minimum Gasteiger partial charge on any atom is -0.361 e. The van der Waals surface area contributed by atoms with Crippen molar-refractivity contribution in [3.05, 3.63) is 36.0 Å². The van der Waals surface area contributed by atoms with Crippen molar-refractivity contribution >= 4 is 26.8 Å². The molecular formula is C13H16BrN. The maximum Gasteiger partial charge on any atom is 0.0456 e. The van der Waals surface area contributed by atoms with Gasteiger partial charge in [-0.1, -0.05) is 41.9 Å². The Morgan fingerprint density at radius 3 is 2.80 bits per heavy atom. The third kappa shape index (κ3) is 2.43. The van der Waals surface area contributed by atoms with Gasteiger partial charge in [-0.05, 0) is 34.9 Å². The van der Waals surface area contributed by atoms with Crippen molar-refractivity contribution in [1.82, 2.24) is 4.98 Å². The van der Waals surface area contributed by atoms with E-state index in [0.717, 1.165) is 11.8 Å². The number of aromatic nitrogens is 1. The maximum atomic E-state index is 3.56.